The molecule has 0 aliphatic heterocycles. The Morgan fingerprint density at radius 1 is 1.22 bits per heavy atom. The predicted molar refractivity (Wildman–Crippen MR) is 107 cm³/mol. The maximum Gasteiger partial charge on any atom is 0.338 e. The third-order valence-electron chi connectivity index (χ3n) is 5.50. The monoisotopic (exact) mass is 374 g/mol. The zero-order valence-corrected chi connectivity index (χ0v) is 17.3. The highest BCUT2D eigenvalue weighted by atomic mass is 16.6. The van der Waals surface area contributed by atoms with E-state index in [4.69, 9.17) is 9.47 Å². The topological polar surface area (TPSA) is 52.6 Å². The first-order chi connectivity index (χ1) is 12.9. The van der Waals surface area contributed by atoms with E-state index < -0.39 is 11.5 Å². The Balaban J connectivity index is 2.18. The average Bonchev–Trinajstić information content (AvgIpc) is 3.03. The van der Waals surface area contributed by atoms with Gasteiger partial charge in [-0.05, 0) is 50.2 Å². The van der Waals surface area contributed by atoms with Crippen LogP contribution in [0.5, 0.6) is 0 Å². The van der Waals surface area contributed by atoms with E-state index in [-0.39, 0.29) is 17.9 Å². The van der Waals surface area contributed by atoms with Gasteiger partial charge in [0.25, 0.3) is 0 Å². The molecule has 150 valence electrons. The molecule has 1 aromatic rings. The van der Waals surface area contributed by atoms with Gasteiger partial charge < -0.3 is 9.47 Å². The summed E-state index contributed by atoms with van der Waals surface area (Å²) in [6.07, 6.45) is 5.77. The minimum absolute atomic E-state index is 0.188. The van der Waals surface area contributed by atoms with Crippen LogP contribution >= 0.6 is 0 Å². The molecule has 1 aliphatic carbocycles. The summed E-state index contributed by atoms with van der Waals surface area (Å²) >= 11 is 0. The summed E-state index contributed by atoms with van der Waals surface area (Å²) in [6.45, 7) is 8.51. The molecular formula is C23H34O4. The Kier molecular flexibility index (Phi) is 7.88. The number of esters is 2. The van der Waals surface area contributed by atoms with E-state index in [2.05, 4.69) is 6.92 Å². The molecule has 1 aliphatic rings. The van der Waals surface area contributed by atoms with E-state index in [0.717, 1.165) is 50.5 Å². The molecule has 2 unspecified atom stereocenters. The summed E-state index contributed by atoms with van der Waals surface area (Å²) in [7, 11) is 0. The lowest BCUT2D eigenvalue weighted by Gasteiger charge is -2.33. The predicted octanol–water partition coefficient (Wildman–Crippen LogP) is 5.47. The lowest BCUT2D eigenvalue weighted by molar-refractivity contribution is -0.163. The molecule has 0 bridgehead atoms. The van der Waals surface area contributed by atoms with Crippen LogP contribution in [0.4, 0.5) is 0 Å². The lowest BCUT2D eigenvalue weighted by Crippen LogP contribution is -2.42. The first-order valence-corrected chi connectivity index (χ1v) is 10.3. The van der Waals surface area contributed by atoms with E-state index >= 15 is 0 Å². The Labute approximate surface area is 163 Å². The second kappa shape index (κ2) is 9.91. The van der Waals surface area contributed by atoms with Gasteiger partial charge in [-0.25, -0.2) is 4.79 Å². The maximum atomic E-state index is 13.0. The third kappa shape index (κ3) is 5.33. The number of benzene rings is 1. The smallest absolute Gasteiger partial charge is 0.338 e. The highest BCUT2D eigenvalue weighted by molar-refractivity contribution is 5.91. The van der Waals surface area contributed by atoms with E-state index in [1.165, 1.54) is 0 Å². The van der Waals surface area contributed by atoms with Crippen molar-refractivity contribution in [2.45, 2.75) is 78.7 Å². The zero-order valence-electron chi connectivity index (χ0n) is 17.3. The van der Waals surface area contributed by atoms with Crippen LogP contribution in [-0.2, 0) is 14.3 Å². The Morgan fingerprint density at radius 2 is 1.96 bits per heavy atom. The molecule has 0 heterocycles. The molecule has 4 nitrogen and oxygen atoms in total. The van der Waals surface area contributed by atoms with Crippen molar-refractivity contribution < 1.29 is 19.1 Å². The van der Waals surface area contributed by atoms with Crippen LogP contribution in [0.2, 0.25) is 0 Å². The van der Waals surface area contributed by atoms with Crippen molar-refractivity contribution in [3.05, 3.63) is 35.4 Å². The maximum absolute atomic E-state index is 13.0. The van der Waals surface area contributed by atoms with Gasteiger partial charge >= 0.3 is 11.9 Å². The van der Waals surface area contributed by atoms with Gasteiger partial charge in [-0.2, -0.15) is 0 Å². The molecule has 0 amide bonds. The van der Waals surface area contributed by atoms with Crippen molar-refractivity contribution in [1.29, 1.82) is 0 Å². The summed E-state index contributed by atoms with van der Waals surface area (Å²) in [5, 5.41) is 0. The first kappa shape index (κ1) is 21.5. The average molecular weight is 375 g/mol. The molecular weight excluding hydrogens is 340 g/mol. The number of carbonyl (C=O) groups excluding carboxylic acids is 2. The fraction of sp³-hybridized carbons (Fsp3) is 0.652. The molecule has 0 aromatic heterocycles. The third-order valence-corrected chi connectivity index (χ3v) is 5.50. The summed E-state index contributed by atoms with van der Waals surface area (Å²) in [6, 6.07) is 7.42. The number of carbonyl (C=O) groups is 2. The molecule has 1 aromatic carbocycles. The van der Waals surface area contributed by atoms with Crippen LogP contribution in [0.15, 0.2) is 24.3 Å². The van der Waals surface area contributed by atoms with Gasteiger partial charge in [0.1, 0.15) is 11.5 Å². The molecule has 1 saturated carbocycles. The second-order valence-corrected chi connectivity index (χ2v) is 8.21. The van der Waals surface area contributed by atoms with Crippen molar-refractivity contribution in [2.24, 2.45) is 11.3 Å². The molecule has 2 rings (SSSR count). The van der Waals surface area contributed by atoms with Crippen LogP contribution in [0.1, 0.15) is 81.6 Å². The number of rotatable bonds is 9. The van der Waals surface area contributed by atoms with Crippen molar-refractivity contribution in [3.63, 3.8) is 0 Å². The number of hydrogen-bond donors (Lipinski definition) is 0. The van der Waals surface area contributed by atoms with Crippen molar-refractivity contribution in [1.82, 2.24) is 0 Å². The molecule has 0 N–H and O–H groups in total. The van der Waals surface area contributed by atoms with Crippen molar-refractivity contribution >= 4 is 11.9 Å². The summed E-state index contributed by atoms with van der Waals surface area (Å²) in [5.74, 6) is -0.236. The van der Waals surface area contributed by atoms with E-state index in [1.54, 1.807) is 6.07 Å². The molecule has 0 spiro atoms. The number of ether oxygens (including phenoxy) is 2. The van der Waals surface area contributed by atoms with E-state index in [1.807, 2.05) is 39.0 Å². The first-order valence-electron chi connectivity index (χ1n) is 10.3. The largest absolute Gasteiger partial charge is 0.465 e. The van der Waals surface area contributed by atoms with Gasteiger partial charge in [0.15, 0.2) is 0 Å². The summed E-state index contributed by atoms with van der Waals surface area (Å²) in [4.78, 5) is 25.8. The van der Waals surface area contributed by atoms with Crippen LogP contribution in [0, 0.1) is 18.3 Å². The fourth-order valence-electron chi connectivity index (χ4n) is 3.90. The number of unbranched alkanes of at least 4 members (excludes halogenated alkanes) is 2. The SMILES string of the molecule is CCCCCC1(C(=O)OCC(C)C)CCCC1OC(=O)c1ccccc1C. The van der Waals surface area contributed by atoms with Crippen LogP contribution in [-0.4, -0.2) is 24.6 Å². The van der Waals surface area contributed by atoms with Crippen molar-refractivity contribution in [3.8, 4) is 0 Å². The molecule has 2 atom stereocenters. The Bertz CT molecular complexity index is 637. The fourth-order valence-corrected chi connectivity index (χ4v) is 3.90. The van der Waals surface area contributed by atoms with Gasteiger partial charge in [-0.1, -0.05) is 58.2 Å². The molecule has 4 heteroatoms. The summed E-state index contributed by atoms with van der Waals surface area (Å²) in [5.41, 5.74) is 0.768. The van der Waals surface area contributed by atoms with Crippen LogP contribution < -0.4 is 0 Å². The normalized spacial score (nSPS) is 22.0. The van der Waals surface area contributed by atoms with Crippen molar-refractivity contribution in [2.75, 3.05) is 6.61 Å². The second-order valence-electron chi connectivity index (χ2n) is 8.21. The minimum Gasteiger partial charge on any atom is -0.465 e. The van der Waals surface area contributed by atoms with Gasteiger partial charge in [0.2, 0.25) is 0 Å². The van der Waals surface area contributed by atoms with E-state index in [0.29, 0.717) is 12.2 Å². The van der Waals surface area contributed by atoms with E-state index in [9.17, 15) is 9.59 Å². The highest BCUT2D eigenvalue weighted by Crippen LogP contribution is 2.46. The Hall–Kier alpha value is -1.84. The molecule has 27 heavy (non-hydrogen) atoms. The Morgan fingerprint density at radius 3 is 2.63 bits per heavy atom. The number of hydrogen-bond acceptors (Lipinski definition) is 4. The number of aryl methyl sites for hydroxylation is 1. The lowest BCUT2D eigenvalue weighted by atomic mass is 9.79. The quantitative estimate of drug-likeness (QED) is 0.425. The zero-order chi connectivity index (χ0) is 19.9. The van der Waals surface area contributed by atoms with Crippen LogP contribution in [0.25, 0.3) is 0 Å². The highest BCUT2D eigenvalue weighted by Gasteiger charge is 2.52. The van der Waals surface area contributed by atoms with Gasteiger partial charge in [0.05, 0.1) is 12.2 Å². The van der Waals surface area contributed by atoms with Gasteiger partial charge in [-0.3, -0.25) is 4.79 Å². The van der Waals surface area contributed by atoms with Crippen LogP contribution in [0.3, 0.4) is 0 Å². The molecule has 0 saturated heterocycles. The molecule has 0 radical (unpaired) electrons. The summed E-state index contributed by atoms with van der Waals surface area (Å²) < 4.78 is 11.5. The molecule has 1 fully saturated rings. The minimum atomic E-state index is -0.692. The van der Waals surface area contributed by atoms with Gasteiger partial charge in [0, 0.05) is 0 Å². The standard InChI is InChI=1S/C23H34O4/c1-5-6-9-14-23(22(25)26-16-17(2)3)15-10-13-20(23)27-21(24)19-12-8-7-11-18(19)4/h7-8,11-12,17,20H,5-6,9-10,13-16H2,1-4H3. The van der Waals surface area contributed by atoms with Gasteiger partial charge in [-0.15, -0.1) is 0 Å².